The van der Waals surface area contributed by atoms with E-state index >= 15 is 0 Å². The van der Waals surface area contributed by atoms with Crippen molar-refractivity contribution in [2.24, 2.45) is 0 Å². The number of rotatable bonds is 2. The minimum absolute atomic E-state index is 0.177. The summed E-state index contributed by atoms with van der Waals surface area (Å²) < 4.78 is 17.1. The minimum Gasteiger partial charge on any atom is -0.381 e. The number of likely N-dealkylation sites (tertiary alicyclic amines) is 1. The molecule has 0 spiro atoms. The van der Waals surface area contributed by atoms with Crippen LogP contribution in [0.1, 0.15) is 32.1 Å². The fraction of sp³-hybridized carbons (Fsp3) is 0.941. The Labute approximate surface area is 138 Å². The van der Waals surface area contributed by atoms with Crippen LogP contribution < -0.4 is 0 Å². The third-order valence-electron chi connectivity index (χ3n) is 5.85. The molecule has 130 valence electrons. The molecule has 0 aliphatic carbocycles. The van der Waals surface area contributed by atoms with Crippen molar-refractivity contribution < 1.29 is 19.0 Å². The van der Waals surface area contributed by atoms with Gasteiger partial charge in [-0.25, -0.2) is 0 Å². The van der Waals surface area contributed by atoms with Crippen molar-refractivity contribution >= 4 is 5.91 Å². The van der Waals surface area contributed by atoms with Gasteiger partial charge in [0.25, 0.3) is 5.91 Å². The zero-order chi connectivity index (χ0) is 15.6. The molecule has 4 saturated heterocycles. The predicted octanol–water partition coefficient (Wildman–Crippen LogP) is 0.646. The Morgan fingerprint density at radius 1 is 0.826 bits per heavy atom. The van der Waals surface area contributed by atoms with Crippen molar-refractivity contribution in [1.29, 1.82) is 0 Å². The summed E-state index contributed by atoms with van der Waals surface area (Å²) in [6.07, 6.45) is 5.29. The highest BCUT2D eigenvalue weighted by Gasteiger charge is 2.44. The van der Waals surface area contributed by atoms with Gasteiger partial charge in [0, 0.05) is 44.9 Å². The van der Waals surface area contributed by atoms with Crippen LogP contribution in [0.15, 0.2) is 0 Å². The van der Waals surface area contributed by atoms with Crippen LogP contribution in [-0.4, -0.2) is 86.1 Å². The van der Waals surface area contributed by atoms with Crippen LogP contribution in [0.2, 0.25) is 0 Å². The van der Waals surface area contributed by atoms with Crippen molar-refractivity contribution in [3.05, 3.63) is 0 Å². The summed E-state index contributed by atoms with van der Waals surface area (Å²) in [5.41, 5.74) is 0. The Balaban J connectivity index is 1.34. The summed E-state index contributed by atoms with van der Waals surface area (Å²) in [5, 5.41) is 0. The standard InChI is InChI=1S/C17H28N2O4/c20-17(18-7-11-22-12-8-18)16-2-1-14-15(23-16)3-6-19(14)13-4-9-21-10-5-13/h13-16H,1-12H2/t14-,15-,16-/m1/s1. The molecule has 0 aromatic rings. The van der Waals surface area contributed by atoms with Crippen molar-refractivity contribution in [3.63, 3.8) is 0 Å². The summed E-state index contributed by atoms with van der Waals surface area (Å²) in [7, 11) is 0. The Hall–Kier alpha value is -0.690. The largest absolute Gasteiger partial charge is 0.381 e. The van der Waals surface area contributed by atoms with E-state index in [2.05, 4.69) is 4.90 Å². The molecule has 0 N–H and O–H groups in total. The van der Waals surface area contributed by atoms with Crippen molar-refractivity contribution in [3.8, 4) is 0 Å². The van der Waals surface area contributed by atoms with Gasteiger partial charge in [-0.2, -0.15) is 0 Å². The van der Waals surface area contributed by atoms with Gasteiger partial charge in [-0.1, -0.05) is 0 Å². The molecular formula is C17H28N2O4. The van der Waals surface area contributed by atoms with E-state index in [1.807, 2.05) is 4.90 Å². The van der Waals surface area contributed by atoms with Crippen LogP contribution in [0.4, 0.5) is 0 Å². The molecule has 0 aromatic carbocycles. The third kappa shape index (κ3) is 3.27. The lowest BCUT2D eigenvalue weighted by Crippen LogP contribution is -2.52. The number of carbonyl (C=O) groups excluding carboxylic acids is 1. The summed E-state index contributed by atoms with van der Waals surface area (Å²) in [6, 6.07) is 1.15. The normalized spacial score (nSPS) is 36.9. The van der Waals surface area contributed by atoms with Gasteiger partial charge in [-0.05, 0) is 32.1 Å². The quantitative estimate of drug-likeness (QED) is 0.746. The van der Waals surface area contributed by atoms with Gasteiger partial charge in [0.1, 0.15) is 6.10 Å². The SMILES string of the molecule is O=C([C@H]1CC[C@@H]2[C@@H](CCN2C2CCOCC2)O1)N1CCOCC1. The Kier molecular flexibility index (Phi) is 4.85. The first-order valence-corrected chi connectivity index (χ1v) is 9.18. The molecule has 4 aliphatic heterocycles. The minimum atomic E-state index is -0.232. The Morgan fingerprint density at radius 3 is 2.35 bits per heavy atom. The predicted molar refractivity (Wildman–Crippen MR) is 84.2 cm³/mol. The Morgan fingerprint density at radius 2 is 1.57 bits per heavy atom. The second-order valence-electron chi connectivity index (χ2n) is 7.12. The van der Waals surface area contributed by atoms with E-state index in [9.17, 15) is 4.79 Å². The third-order valence-corrected chi connectivity index (χ3v) is 5.85. The molecule has 0 radical (unpaired) electrons. The first-order chi connectivity index (χ1) is 11.3. The van der Waals surface area contributed by atoms with Gasteiger partial charge < -0.3 is 19.1 Å². The highest BCUT2D eigenvalue weighted by molar-refractivity contribution is 5.81. The van der Waals surface area contributed by atoms with E-state index in [4.69, 9.17) is 14.2 Å². The van der Waals surface area contributed by atoms with Crippen LogP contribution in [0, 0.1) is 0 Å². The highest BCUT2D eigenvalue weighted by atomic mass is 16.5. The molecule has 6 nitrogen and oxygen atoms in total. The fourth-order valence-electron chi connectivity index (χ4n) is 4.60. The van der Waals surface area contributed by atoms with Crippen LogP contribution in [0.5, 0.6) is 0 Å². The topological polar surface area (TPSA) is 51.2 Å². The van der Waals surface area contributed by atoms with E-state index in [1.54, 1.807) is 0 Å². The number of ether oxygens (including phenoxy) is 3. The summed E-state index contributed by atoms with van der Waals surface area (Å²) in [5.74, 6) is 0.177. The molecule has 4 aliphatic rings. The molecule has 3 atom stereocenters. The summed E-state index contributed by atoms with van der Waals surface area (Å²) in [6.45, 7) is 5.61. The molecule has 6 heteroatoms. The van der Waals surface area contributed by atoms with Crippen LogP contribution in [0.3, 0.4) is 0 Å². The van der Waals surface area contributed by atoms with E-state index in [0.29, 0.717) is 38.4 Å². The van der Waals surface area contributed by atoms with Gasteiger partial charge in [0.05, 0.1) is 19.3 Å². The fourth-order valence-corrected chi connectivity index (χ4v) is 4.60. The van der Waals surface area contributed by atoms with E-state index in [0.717, 1.165) is 51.9 Å². The highest BCUT2D eigenvalue weighted by Crippen LogP contribution is 2.35. The molecule has 0 saturated carbocycles. The van der Waals surface area contributed by atoms with Gasteiger partial charge in [0.15, 0.2) is 0 Å². The molecule has 4 rings (SSSR count). The lowest BCUT2D eigenvalue weighted by atomic mass is 9.96. The van der Waals surface area contributed by atoms with Gasteiger partial charge in [0.2, 0.25) is 0 Å². The van der Waals surface area contributed by atoms with Gasteiger partial charge in [-0.15, -0.1) is 0 Å². The second kappa shape index (κ2) is 7.05. The maximum absolute atomic E-state index is 12.6. The average Bonchev–Trinajstić information content (AvgIpc) is 3.06. The zero-order valence-corrected chi connectivity index (χ0v) is 13.8. The Bertz CT molecular complexity index is 421. The van der Waals surface area contributed by atoms with Crippen molar-refractivity contribution in [2.45, 2.75) is 56.4 Å². The number of hydrogen-bond acceptors (Lipinski definition) is 5. The lowest BCUT2D eigenvalue weighted by Gasteiger charge is -2.41. The second-order valence-corrected chi connectivity index (χ2v) is 7.12. The molecule has 0 unspecified atom stereocenters. The molecule has 4 heterocycles. The number of carbonyl (C=O) groups is 1. The zero-order valence-electron chi connectivity index (χ0n) is 13.8. The van der Waals surface area contributed by atoms with Crippen molar-refractivity contribution in [2.75, 3.05) is 46.1 Å². The molecule has 1 amide bonds. The molecule has 0 aromatic heterocycles. The molecule has 23 heavy (non-hydrogen) atoms. The summed E-state index contributed by atoms with van der Waals surface area (Å²) in [4.78, 5) is 17.2. The van der Waals surface area contributed by atoms with Crippen LogP contribution >= 0.6 is 0 Å². The number of fused-ring (bicyclic) bond motifs is 1. The summed E-state index contributed by atoms with van der Waals surface area (Å²) >= 11 is 0. The molecular weight excluding hydrogens is 296 g/mol. The number of amides is 1. The van der Waals surface area contributed by atoms with Crippen molar-refractivity contribution in [1.82, 2.24) is 9.80 Å². The van der Waals surface area contributed by atoms with Gasteiger partial charge >= 0.3 is 0 Å². The van der Waals surface area contributed by atoms with E-state index in [1.165, 1.54) is 0 Å². The number of morpholine rings is 1. The van der Waals surface area contributed by atoms with Crippen LogP contribution in [-0.2, 0) is 19.0 Å². The first-order valence-electron chi connectivity index (χ1n) is 9.18. The average molecular weight is 324 g/mol. The number of nitrogens with zero attached hydrogens (tertiary/aromatic N) is 2. The number of hydrogen-bond donors (Lipinski definition) is 0. The van der Waals surface area contributed by atoms with Crippen LogP contribution in [0.25, 0.3) is 0 Å². The molecule has 0 bridgehead atoms. The monoisotopic (exact) mass is 324 g/mol. The lowest BCUT2D eigenvalue weighted by molar-refractivity contribution is -0.159. The maximum Gasteiger partial charge on any atom is 0.251 e. The van der Waals surface area contributed by atoms with E-state index < -0.39 is 0 Å². The van der Waals surface area contributed by atoms with Gasteiger partial charge in [-0.3, -0.25) is 9.69 Å². The smallest absolute Gasteiger partial charge is 0.251 e. The van der Waals surface area contributed by atoms with E-state index in [-0.39, 0.29) is 18.1 Å². The maximum atomic E-state index is 12.6. The molecule has 4 fully saturated rings. The first kappa shape index (κ1) is 15.8.